The summed E-state index contributed by atoms with van der Waals surface area (Å²) in [6.45, 7) is 14.4. The highest BCUT2D eigenvalue weighted by atomic mass is 35.5. The number of hydrogen-bond donors (Lipinski definition) is 3. The summed E-state index contributed by atoms with van der Waals surface area (Å²) in [5, 5.41) is 7.87. The van der Waals surface area contributed by atoms with Gasteiger partial charge in [-0.15, -0.1) is 13.2 Å². The highest BCUT2D eigenvalue weighted by Gasteiger charge is 2.52. The molecule has 2 heterocycles. The number of benzene rings is 2. The van der Waals surface area contributed by atoms with Gasteiger partial charge in [0.25, 0.3) is 0 Å². The molecule has 4 fully saturated rings. The fraction of sp³-hybridized carbons (Fsp3) is 0.632. The standard InChI is InChI=1S/C76H107ClF6N12O12/c1-16-36-94-59(41-49-26-30-51(31-27-49)75(78,79)80)69(103)88(10)43-60(96)84-54(33-29-48-28-32-52(53(77)40-48)76(81,82)83)67(101)95-37-22-25-55(95)66(100)86-74(34-20-21-35-74)73(107)93(15)64(50-23-18-19-24-50)72(106)92(14)58(68(102)87(8)9)42-61(97)90(12)56(38-45(3)4)65(99)85-63(47(7)17-2)71(105)89(11)44-62(98)91(13)57(70(94)104)39-46(5)6/h16,26-28,30-32,40,45,47,50,54-59,63-64H,1,5,17-25,29,33-39,41-44H2,2-4,6-15H3,(H,84,96)(H,85,99)(H,86,100)/t47-,54-,55-,56-,57-,58-,59-,63-,64-/m0/s1. The summed E-state index contributed by atoms with van der Waals surface area (Å²) in [6.07, 6.45) is -6.06. The summed E-state index contributed by atoms with van der Waals surface area (Å²) in [4.78, 5) is 191. The summed E-state index contributed by atoms with van der Waals surface area (Å²) in [5.41, 5.74) is -3.13. The lowest BCUT2D eigenvalue weighted by Gasteiger charge is -2.42. The summed E-state index contributed by atoms with van der Waals surface area (Å²) < 4.78 is 83.8. The molecule has 107 heavy (non-hydrogen) atoms. The molecule has 2 saturated heterocycles. The number of alkyl halides is 6. The second-order valence-corrected chi connectivity index (χ2v) is 30.4. The summed E-state index contributed by atoms with van der Waals surface area (Å²) in [7, 11) is 10.9. The first-order chi connectivity index (χ1) is 50.0. The molecule has 24 nitrogen and oxygen atoms in total. The van der Waals surface area contributed by atoms with Gasteiger partial charge in [-0.2, -0.15) is 26.3 Å². The van der Waals surface area contributed by atoms with E-state index in [1.807, 2.05) is 13.8 Å². The van der Waals surface area contributed by atoms with Crippen LogP contribution in [0.15, 0.2) is 67.3 Å². The van der Waals surface area contributed by atoms with Crippen molar-refractivity contribution in [2.24, 2.45) is 17.8 Å². The molecule has 0 radical (unpaired) electrons. The van der Waals surface area contributed by atoms with E-state index >= 15 is 28.8 Å². The van der Waals surface area contributed by atoms with Crippen LogP contribution >= 0.6 is 11.6 Å². The Bertz CT molecular complexity index is 3600. The molecule has 2 aliphatic carbocycles. The number of aryl methyl sites for hydroxylation is 1. The zero-order chi connectivity index (χ0) is 80.1. The largest absolute Gasteiger partial charge is 0.417 e. The normalized spacial score (nSPS) is 24.7. The van der Waals surface area contributed by atoms with Gasteiger partial charge >= 0.3 is 12.4 Å². The molecule has 3 N–H and O–H groups in total. The van der Waals surface area contributed by atoms with Gasteiger partial charge in [0, 0.05) is 75.9 Å². The van der Waals surface area contributed by atoms with Crippen molar-refractivity contribution in [2.75, 3.05) is 82.6 Å². The lowest BCUT2D eigenvalue weighted by atomic mass is 9.90. The molecule has 592 valence electrons. The molecule has 1 spiro atoms. The lowest BCUT2D eigenvalue weighted by Crippen LogP contribution is -2.65. The minimum atomic E-state index is -4.83. The fourth-order valence-electron chi connectivity index (χ4n) is 14.9. The van der Waals surface area contributed by atoms with Gasteiger partial charge in [-0.25, -0.2) is 0 Å². The van der Waals surface area contributed by atoms with E-state index in [0.29, 0.717) is 50.5 Å². The molecule has 0 unspecified atom stereocenters. The predicted octanol–water partition coefficient (Wildman–Crippen LogP) is 7.29. The monoisotopic (exact) mass is 1530 g/mol. The number of amides is 12. The van der Waals surface area contributed by atoms with Crippen molar-refractivity contribution in [1.82, 2.24) is 60.0 Å². The van der Waals surface area contributed by atoms with E-state index in [9.17, 15) is 55.1 Å². The van der Waals surface area contributed by atoms with Crippen LogP contribution in [0.25, 0.3) is 0 Å². The van der Waals surface area contributed by atoms with E-state index in [1.54, 1.807) is 20.8 Å². The van der Waals surface area contributed by atoms with Crippen LogP contribution in [0, 0.1) is 17.8 Å². The maximum atomic E-state index is 15.6. The number of carbonyl (C=O) groups is 12. The van der Waals surface area contributed by atoms with Crippen molar-refractivity contribution in [1.29, 1.82) is 0 Å². The van der Waals surface area contributed by atoms with Crippen molar-refractivity contribution >= 4 is 82.5 Å². The Morgan fingerprint density at radius 2 is 1.29 bits per heavy atom. The minimum absolute atomic E-state index is 0.0500. The van der Waals surface area contributed by atoms with Gasteiger partial charge in [-0.1, -0.05) is 101 Å². The molecule has 2 aromatic carbocycles. The third kappa shape index (κ3) is 21.9. The van der Waals surface area contributed by atoms with Crippen LogP contribution in [0.3, 0.4) is 0 Å². The van der Waals surface area contributed by atoms with Gasteiger partial charge in [-0.05, 0) is 124 Å². The van der Waals surface area contributed by atoms with Crippen molar-refractivity contribution in [3.05, 3.63) is 94.5 Å². The van der Waals surface area contributed by atoms with Gasteiger partial charge in [0.05, 0.1) is 35.7 Å². The summed E-state index contributed by atoms with van der Waals surface area (Å²) in [5.74, 6) is -10.8. The quantitative estimate of drug-likeness (QED) is 0.117. The number of likely N-dealkylation sites (N-methyl/N-ethyl adjacent to an activating group) is 7. The first-order valence-electron chi connectivity index (χ1n) is 36.6. The van der Waals surface area contributed by atoms with E-state index in [4.69, 9.17) is 11.6 Å². The van der Waals surface area contributed by atoms with Crippen molar-refractivity contribution in [2.45, 2.75) is 210 Å². The number of nitrogens with one attached hydrogen (secondary N) is 3. The summed E-state index contributed by atoms with van der Waals surface area (Å²) in [6, 6.07) is -4.67. The fourth-order valence-corrected chi connectivity index (χ4v) is 15.2. The Morgan fingerprint density at radius 1 is 0.692 bits per heavy atom. The Labute approximate surface area is 628 Å². The number of carbonyl (C=O) groups excluding carboxylic acids is 12. The molecule has 31 heteroatoms. The second kappa shape index (κ2) is 37.5. The molecule has 9 atom stereocenters. The van der Waals surface area contributed by atoms with Crippen LogP contribution in [0.2, 0.25) is 5.02 Å². The average molecular weight is 1530 g/mol. The smallest absolute Gasteiger partial charge is 0.347 e. The maximum absolute atomic E-state index is 15.6. The Balaban J connectivity index is 1.51. The van der Waals surface area contributed by atoms with Gasteiger partial charge in [0.15, 0.2) is 0 Å². The average Bonchev–Trinajstić information content (AvgIpc) is 1.72. The van der Waals surface area contributed by atoms with Crippen LogP contribution in [0.1, 0.15) is 153 Å². The van der Waals surface area contributed by atoms with E-state index in [1.165, 1.54) is 77.2 Å². The second-order valence-electron chi connectivity index (χ2n) is 30.0. The van der Waals surface area contributed by atoms with E-state index in [2.05, 4.69) is 29.1 Å². The van der Waals surface area contributed by atoms with Crippen molar-refractivity contribution in [3.63, 3.8) is 0 Å². The highest BCUT2D eigenvalue weighted by Crippen LogP contribution is 2.39. The number of hydrogen-bond acceptors (Lipinski definition) is 12. The number of rotatable bonds is 15. The van der Waals surface area contributed by atoms with Crippen LogP contribution in [-0.4, -0.2) is 251 Å². The molecule has 12 amide bonds. The first-order valence-corrected chi connectivity index (χ1v) is 36.9. The summed E-state index contributed by atoms with van der Waals surface area (Å²) >= 11 is 6.15. The Hall–Kier alpha value is -8.57. The minimum Gasteiger partial charge on any atom is -0.347 e. The van der Waals surface area contributed by atoms with Crippen LogP contribution in [0.5, 0.6) is 0 Å². The molecule has 0 bridgehead atoms. The van der Waals surface area contributed by atoms with Crippen LogP contribution in [-0.2, 0) is 82.7 Å². The molecule has 4 aliphatic rings. The van der Waals surface area contributed by atoms with E-state index < -0.39 is 198 Å². The zero-order valence-corrected chi connectivity index (χ0v) is 64.6. The third-order valence-electron chi connectivity index (χ3n) is 21.3. The zero-order valence-electron chi connectivity index (χ0n) is 63.8. The molecule has 6 rings (SSSR count). The molecule has 2 aliphatic heterocycles. The van der Waals surface area contributed by atoms with E-state index in [0.717, 1.165) is 71.9 Å². The third-order valence-corrected chi connectivity index (χ3v) is 21.6. The molecular formula is C76H107ClF6N12O12. The number of nitrogens with zero attached hydrogens (tertiary/aromatic N) is 9. The van der Waals surface area contributed by atoms with Crippen molar-refractivity contribution < 1.29 is 83.9 Å². The van der Waals surface area contributed by atoms with Gasteiger partial charge in [0.1, 0.15) is 53.9 Å². The first kappa shape index (κ1) is 87.3. The Kier molecular flexibility index (Phi) is 30.6. The molecule has 2 saturated carbocycles. The lowest BCUT2D eigenvalue weighted by molar-refractivity contribution is -0.156. The molecule has 0 aromatic heterocycles. The van der Waals surface area contributed by atoms with Crippen LogP contribution in [0.4, 0.5) is 26.3 Å². The topological polar surface area (TPSA) is 270 Å². The molecule has 2 aromatic rings. The Morgan fingerprint density at radius 3 is 1.84 bits per heavy atom. The SMILES string of the molecule is C=CCN1C(=O)[C@H](CC(=C)C)N(C)C(=O)CN(C)C(=O)[C@H]([C@@H](C)CC)NC(=O)[C@H](CC(C)C)N(C)C(=O)C[C@@H](C(=O)N(C)C)N(C)C(=O)[C@H](C2CCCC2)N(C)C(=O)C2(CCCC2)NC(=O)[C@@H]2CCCN2C(=O)[C@H](CCc2ccc(C(F)(F)F)c(Cl)c2)NC(=O)CN(C)C(=O)[C@@H]1Cc1ccc(C(F)(F)F)cc1. The highest BCUT2D eigenvalue weighted by molar-refractivity contribution is 6.31. The molecular weight excluding hydrogens is 1420 g/mol. The van der Waals surface area contributed by atoms with E-state index in [-0.39, 0.29) is 75.0 Å². The van der Waals surface area contributed by atoms with Gasteiger partial charge in [-0.3, -0.25) is 57.5 Å². The van der Waals surface area contributed by atoms with Gasteiger partial charge in [0.2, 0.25) is 70.9 Å². The maximum Gasteiger partial charge on any atom is 0.417 e. The number of fused-ring (bicyclic) bond motifs is 1. The van der Waals surface area contributed by atoms with Crippen molar-refractivity contribution in [3.8, 4) is 0 Å². The number of halogens is 7. The predicted molar refractivity (Wildman–Crippen MR) is 389 cm³/mol. The van der Waals surface area contributed by atoms with Crippen LogP contribution < -0.4 is 16.0 Å². The van der Waals surface area contributed by atoms with Gasteiger partial charge < -0.3 is 60.0 Å².